The quantitative estimate of drug-likeness (QED) is 0.159. The van der Waals surface area contributed by atoms with Gasteiger partial charge >= 0.3 is 5.97 Å². The number of aliphatic hydroxyl groups is 1. The zero-order chi connectivity index (χ0) is 9.40. The molecule has 2 N–H and O–H groups in total. The molecule has 5 nitrogen and oxygen atoms in total. The van der Waals surface area contributed by atoms with Crippen molar-refractivity contribution in [3.05, 3.63) is 11.8 Å². The van der Waals surface area contributed by atoms with Crippen LogP contribution < -0.4 is 0 Å². The summed E-state index contributed by atoms with van der Waals surface area (Å²) in [6, 6.07) is 0. The van der Waals surface area contributed by atoms with E-state index in [2.05, 4.69) is 9.47 Å². The molecule has 68 valence electrons. The lowest BCUT2D eigenvalue weighted by Crippen LogP contribution is -2.08. The predicted octanol–water partition coefficient (Wildman–Crippen LogP) is 0.615. The van der Waals surface area contributed by atoms with Gasteiger partial charge in [0.15, 0.2) is 6.40 Å². The molecule has 0 heterocycles. The lowest BCUT2D eigenvalue weighted by Gasteiger charge is -2.00. The van der Waals surface area contributed by atoms with Crippen molar-refractivity contribution in [1.29, 1.82) is 5.41 Å². The maximum absolute atomic E-state index is 10.6. The molecule has 0 saturated carbocycles. The molecule has 0 aromatic rings. The Labute approximate surface area is 70.1 Å². The molecule has 0 amide bonds. The fraction of sp³-hybridized carbons (Fsp3) is 0.429. The summed E-state index contributed by atoms with van der Waals surface area (Å²) in [7, 11) is 0. The van der Waals surface area contributed by atoms with Gasteiger partial charge in [0.1, 0.15) is 13.2 Å². The van der Waals surface area contributed by atoms with Crippen LogP contribution in [0.15, 0.2) is 11.8 Å². The standard InChI is InChI=1S/C7H11NO4/c1-6(9)4-7(10)12-3-2-11-5-8/h4-5,8-9H,2-3H2,1H3. The summed E-state index contributed by atoms with van der Waals surface area (Å²) in [4.78, 5) is 10.6. The van der Waals surface area contributed by atoms with E-state index < -0.39 is 5.97 Å². The average Bonchev–Trinajstić information content (AvgIpc) is 1.97. The van der Waals surface area contributed by atoms with Gasteiger partial charge in [-0.25, -0.2) is 4.79 Å². The molecule has 0 rings (SSSR count). The molecule has 0 saturated heterocycles. The van der Waals surface area contributed by atoms with Crippen molar-refractivity contribution < 1.29 is 19.4 Å². The van der Waals surface area contributed by atoms with E-state index in [1.807, 2.05) is 0 Å². The van der Waals surface area contributed by atoms with E-state index in [0.29, 0.717) is 0 Å². The molecule has 0 aromatic carbocycles. The highest BCUT2D eigenvalue weighted by atomic mass is 16.6. The molecule has 12 heavy (non-hydrogen) atoms. The van der Waals surface area contributed by atoms with Gasteiger partial charge in [-0.15, -0.1) is 0 Å². The minimum absolute atomic E-state index is 0.0675. The summed E-state index contributed by atoms with van der Waals surface area (Å²) in [5, 5.41) is 15.1. The van der Waals surface area contributed by atoms with E-state index in [-0.39, 0.29) is 19.0 Å². The minimum atomic E-state index is -0.622. The van der Waals surface area contributed by atoms with E-state index in [0.717, 1.165) is 12.5 Å². The number of esters is 1. The molecule has 0 spiro atoms. The zero-order valence-corrected chi connectivity index (χ0v) is 6.74. The van der Waals surface area contributed by atoms with Crippen molar-refractivity contribution in [2.45, 2.75) is 6.92 Å². The molecular weight excluding hydrogens is 162 g/mol. The normalized spacial score (nSPS) is 10.6. The van der Waals surface area contributed by atoms with E-state index >= 15 is 0 Å². The molecule has 0 bridgehead atoms. The maximum Gasteiger partial charge on any atom is 0.334 e. The first-order valence-electron chi connectivity index (χ1n) is 3.31. The van der Waals surface area contributed by atoms with Crippen molar-refractivity contribution >= 4 is 12.4 Å². The number of aliphatic hydroxyl groups excluding tert-OH is 1. The van der Waals surface area contributed by atoms with Crippen LogP contribution in [0.4, 0.5) is 0 Å². The smallest absolute Gasteiger partial charge is 0.334 e. The van der Waals surface area contributed by atoms with E-state index in [1.54, 1.807) is 0 Å². The lowest BCUT2D eigenvalue weighted by atomic mass is 10.5. The van der Waals surface area contributed by atoms with Crippen molar-refractivity contribution in [2.24, 2.45) is 0 Å². The van der Waals surface area contributed by atoms with E-state index in [9.17, 15) is 4.79 Å². The third-order valence-electron chi connectivity index (χ3n) is 0.856. The molecule has 0 unspecified atom stereocenters. The molecule has 0 radical (unpaired) electrons. The molecule has 0 atom stereocenters. The van der Waals surface area contributed by atoms with Crippen LogP contribution in [0.1, 0.15) is 6.92 Å². The third kappa shape index (κ3) is 6.60. The Bertz CT molecular complexity index is 184. The second kappa shape index (κ2) is 6.21. The Kier molecular flexibility index (Phi) is 5.42. The van der Waals surface area contributed by atoms with Gasteiger partial charge in [-0.2, -0.15) is 0 Å². The summed E-state index contributed by atoms with van der Waals surface area (Å²) in [6.07, 6.45) is 1.73. The molecule has 0 fully saturated rings. The number of carbonyl (C=O) groups is 1. The van der Waals surface area contributed by atoms with Crippen LogP contribution >= 0.6 is 0 Å². The van der Waals surface area contributed by atoms with Gasteiger partial charge in [-0.3, -0.25) is 5.41 Å². The Morgan fingerprint density at radius 2 is 2.25 bits per heavy atom. The number of rotatable bonds is 5. The first kappa shape index (κ1) is 10.5. The maximum atomic E-state index is 10.6. The number of hydrogen-bond donors (Lipinski definition) is 2. The first-order chi connectivity index (χ1) is 5.66. The molecule has 0 aliphatic heterocycles. The van der Waals surface area contributed by atoms with Crippen LogP contribution in [0.5, 0.6) is 0 Å². The first-order valence-corrected chi connectivity index (χ1v) is 3.31. The Hall–Kier alpha value is -1.52. The van der Waals surface area contributed by atoms with Gasteiger partial charge in [-0.1, -0.05) is 0 Å². The van der Waals surface area contributed by atoms with Gasteiger partial charge < -0.3 is 14.6 Å². The Morgan fingerprint density at radius 3 is 2.75 bits per heavy atom. The van der Waals surface area contributed by atoms with E-state index in [1.165, 1.54) is 6.92 Å². The molecule has 0 aromatic heterocycles. The number of allylic oxidation sites excluding steroid dienone is 1. The van der Waals surface area contributed by atoms with Crippen LogP contribution in [-0.2, 0) is 14.3 Å². The highest BCUT2D eigenvalue weighted by Gasteiger charge is 1.97. The van der Waals surface area contributed by atoms with Crippen LogP contribution in [0.2, 0.25) is 0 Å². The summed E-state index contributed by atoms with van der Waals surface area (Å²) < 4.78 is 9.02. The van der Waals surface area contributed by atoms with Gasteiger partial charge in [0.05, 0.1) is 11.8 Å². The van der Waals surface area contributed by atoms with Gasteiger partial charge in [0.2, 0.25) is 0 Å². The van der Waals surface area contributed by atoms with Crippen LogP contribution in [0.25, 0.3) is 0 Å². The number of nitrogens with one attached hydrogen (secondary N) is 1. The van der Waals surface area contributed by atoms with Gasteiger partial charge in [0.25, 0.3) is 0 Å². The lowest BCUT2D eigenvalue weighted by molar-refractivity contribution is -0.138. The number of hydrogen-bond acceptors (Lipinski definition) is 5. The van der Waals surface area contributed by atoms with Crippen molar-refractivity contribution in [3.63, 3.8) is 0 Å². The molecule has 0 aliphatic carbocycles. The van der Waals surface area contributed by atoms with Gasteiger partial charge in [0, 0.05) is 0 Å². The molecular formula is C7H11NO4. The van der Waals surface area contributed by atoms with Crippen LogP contribution in [0, 0.1) is 5.41 Å². The average molecular weight is 173 g/mol. The summed E-state index contributed by atoms with van der Waals surface area (Å²) in [5.74, 6) is -0.725. The SMILES string of the molecule is CC(O)=CC(=O)OCCOC=N. The topological polar surface area (TPSA) is 79.6 Å². The monoisotopic (exact) mass is 173 g/mol. The summed E-state index contributed by atoms with van der Waals surface area (Å²) >= 11 is 0. The second-order valence-electron chi connectivity index (χ2n) is 1.94. The zero-order valence-electron chi connectivity index (χ0n) is 6.74. The van der Waals surface area contributed by atoms with E-state index in [4.69, 9.17) is 10.5 Å². The number of carbonyl (C=O) groups excluding carboxylic acids is 1. The second-order valence-corrected chi connectivity index (χ2v) is 1.94. The van der Waals surface area contributed by atoms with Gasteiger partial charge in [-0.05, 0) is 6.92 Å². The fourth-order valence-corrected chi connectivity index (χ4v) is 0.462. The van der Waals surface area contributed by atoms with Crippen molar-refractivity contribution in [1.82, 2.24) is 0 Å². The summed E-state index contributed by atoms with van der Waals surface area (Å²) in [6.45, 7) is 1.58. The molecule has 5 heteroatoms. The van der Waals surface area contributed by atoms with Crippen molar-refractivity contribution in [2.75, 3.05) is 13.2 Å². The highest BCUT2D eigenvalue weighted by Crippen LogP contribution is 1.87. The Balaban J connectivity index is 3.45. The third-order valence-corrected chi connectivity index (χ3v) is 0.856. The molecule has 0 aliphatic rings. The highest BCUT2D eigenvalue weighted by molar-refractivity contribution is 5.82. The van der Waals surface area contributed by atoms with Crippen molar-refractivity contribution in [3.8, 4) is 0 Å². The van der Waals surface area contributed by atoms with Crippen LogP contribution in [0.3, 0.4) is 0 Å². The van der Waals surface area contributed by atoms with Crippen LogP contribution in [-0.4, -0.2) is 30.7 Å². The largest absolute Gasteiger partial charge is 0.512 e. The number of ether oxygens (including phenoxy) is 2. The predicted molar refractivity (Wildman–Crippen MR) is 42.1 cm³/mol. The Morgan fingerprint density at radius 1 is 1.58 bits per heavy atom. The fourth-order valence-electron chi connectivity index (χ4n) is 0.462. The summed E-state index contributed by atoms with van der Waals surface area (Å²) in [5.41, 5.74) is 0. The minimum Gasteiger partial charge on any atom is -0.512 e.